The number of anilines is 2. The Kier molecular flexibility index (Phi) is 3.28. The molecule has 0 aromatic carbocycles. The standard InChI is InChI=1S/C12H18N4O/c1-9-11(13)3-4-12(14-9)16-6-5-15(2)10(7-16)8-17/h3-4,8,10H,5-7,13H2,1-2H3. The maximum atomic E-state index is 11.0. The summed E-state index contributed by atoms with van der Waals surface area (Å²) in [7, 11) is 1.97. The van der Waals surface area contributed by atoms with Crippen molar-refractivity contribution in [2.75, 3.05) is 37.3 Å². The molecule has 1 atom stereocenters. The SMILES string of the molecule is Cc1nc(N2CCN(C)C(C=O)C2)ccc1N. The highest BCUT2D eigenvalue weighted by Crippen LogP contribution is 2.18. The molecule has 2 heterocycles. The first-order chi connectivity index (χ1) is 8.11. The maximum absolute atomic E-state index is 11.0. The predicted octanol–water partition coefficient (Wildman–Crippen LogP) is 0.292. The minimum Gasteiger partial charge on any atom is -0.397 e. The molecule has 0 amide bonds. The van der Waals surface area contributed by atoms with Gasteiger partial charge in [-0.25, -0.2) is 4.98 Å². The number of aromatic nitrogens is 1. The van der Waals surface area contributed by atoms with Crippen LogP contribution in [0.2, 0.25) is 0 Å². The van der Waals surface area contributed by atoms with Crippen LogP contribution in [-0.2, 0) is 4.79 Å². The summed E-state index contributed by atoms with van der Waals surface area (Å²) in [5.41, 5.74) is 7.29. The van der Waals surface area contributed by atoms with E-state index in [9.17, 15) is 4.79 Å². The fourth-order valence-electron chi connectivity index (χ4n) is 1.99. The van der Waals surface area contributed by atoms with Crippen LogP contribution in [0.3, 0.4) is 0 Å². The number of aryl methyl sites for hydroxylation is 1. The van der Waals surface area contributed by atoms with Crippen LogP contribution >= 0.6 is 0 Å². The quantitative estimate of drug-likeness (QED) is 0.745. The molecule has 5 heteroatoms. The fraction of sp³-hybridized carbons (Fsp3) is 0.500. The summed E-state index contributed by atoms with van der Waals surface area (Å²) in [5, 5.41) is 0. The van der Waals surface area contributed by atoms with E-state index in [1.165, 1.54) is 0 Å². The van der Waals surface area contributed by atoms with Gasteiger partial charge in [0.1, 0.15) is 12.1 Å². The topological polar surface area (TPSA) is 62.5 Å². The van der Waals surface area contributed by atoms with E-state index < -0.39 is 0 Å². The molecular weight excluding hydrogens is 216 g/mol. The van der Waals surface area contributed by atoms with E-state index in [0.717, 1.165) is 30.9 Å². The summed E-state index contributed by atoms with van der Waals surface area (Å²) >= 11 is 0. The van der Waals surface area contributed by atoms with Gasteiger partial charge in [0.05, 0.1) is 17.4 Å². The summed E-state index contributed by atoms with van der Waals surface area (Å²) in [4.78, 5) is 19.6. The van der Waals surface area contributed by atoms with Gasteiger partial charge in [0, 0.05) is 19.6 Å². The number of nitrogens with zero attached hydrogens (tertiary/aromatic N) is 3. The molecule has 0 radical (unpaired) electrons. The number of carbonyl (C=O) groups is 1. The average Bonchev–Trinajstić information content (AvgIpc) is 2.33. The number of aldehydes is 1. The smallest absolute Gasteiger partial charge is 0.138 e. The first-order valence-corrected chi connectivity index (χ1v) is 5.75. The van der Waals surface area contributed by atoms with E-state index in [2.05, 4.69) is 14.8 Å². The summed E-state index contributed by atoms with van der Waals surface area (Å²) in [6.45, 7) is 4.34. The van der Waals surface area contributed by atoms with Crippen molar-refractivity contribution in [3.63, 3.8) is 0 Å². The van der Waals surface area contributed by atoms with Crippen molar-refractivity contribution in [2.24, 2.45) is 0 Å². The molecule has 17 heavy (non-hydrogen) atoms. The van der Waals surface area contributed by atoms with E-state index in [-0.39, 0.29) is 6.04 Å². The molecule has 1 saturated heterocycles. The number of hydrogen-bond acceptors (Lipinski definition) is 5. The van der Waals surface area contributed by atoms with Crippen molar-refractivity contribution in [1.29, 1.82) is 0 Å². The fourth-order valence-corrected chi connectivity index (χ4v) is 1.99. The Morgan fingerprint density at radius 2 is 2.24 bits per heavy atom. The maximum Gasteiger partial charge on any atom is 0.138 e. The van der Waals surface area contributed by atoms with Crippen LogP contribution in [0.25, 0.3) is 0 Å². The number of piperazine rings is 1. The third-order valence-corrected chi connectivity index (χ3v) is 3.29. The van der Waals surface area contributed by atoms with Crippen LogP contribution in [-0.4, -0.2) is 48.9 Å². The lowest BCUT2D eigenvalue weighted by Gasteiger charge is -2.37. The van der Waals surface area contributed by atoms with Crippen molar-refractivity contribution in [3.05, 3.63) is 17.8 Å². The lowest BCUT2D eigenvalue weighted by atomic mass is 10.2. The molecule has 1 aliphatic heterocycles. The Morgan fingerprint density at radius 3 is 2.88 bits per heavy atom. The number of nitrogen functional groups attached to an aromatic ring is 1. The molecule has 1 aliphatic rings. The van der Waals surface area contributed by atoms with E-state index in [4.69, 9.17) is 5.73 Å². The Labute approximate surface area is 101 Å². The lowest BCUT2D eigenvalue weighted by Crippen LogP contribution is -2.52. The first kappa shape index (κ1) is 11.9. The van der Waals surface area contributed by atoms with Crippen LogP contribution < -0.4 is 10.6 Å². The normalized spacial score (nSPS) is 21.5. The zero-order chi connectivity index (χ0) is 12.4. The van der Waals surface area contributed by atoms with Crippen molar-refractivity contribution in [3.8, 4) is 0 Å². The Bertz CT molecular complexity index is 421. The third-order valence-electron chi connectivity index (χ3n) is 3.29. The number of nitrogens with two attached hydrogens (primary N) is 1. The molecule has 0 saturated carbocycles. The molecule has 92 valence electrons. The summed E-state index contributed by atoms with van der Waals surface area (Å²) in [6, 6.07) is 3.73. The Balaban J connectivity index is 2.17. The molecule has 1 fully saturated rings. The zero-order valence-corrected chi connectivity index (χ0v) is 10.3. The highest BCUT2D eigenvalue weighted by molar-refractivity contribution is 5.60. The van der Waals surface area contributed by atoms with Gasteiger partial charge in [-0.15, -0.1) is 0 Å². The molecule has 0 aliphatic carbocycles. The van der Waals surface area contributed by atoms with Gasteiger partial charge in [0.25, 0.3) is 0 Å². The Morgan fingerprint density at radius 1 is 1.47 bits per heavy atom. The Hall–Kier alpha value is -1.62. The molecule has 5 nitrogen and oxygen atoms in total. The highest BCUT2D eigenvalue weighted by atomic mass is 16.1. The largest absolute Gasteiger partial charge is 0.397 e. The molecular formula is C12H18N4O. The van der Waals surface area contributed by atoms with E-state index >= 15 is 0 Å². The number of hydrogen-bond donors (Lipinski definition) is 1. The van der Waals surface area contributed by atoms with Crippen molar-refractivity contribution in [2.45, 2.75) is 13.0 Å². The number of rotatable bonds is 2. The van der Waals surface area contributed by atoms with Crippen molar-refractivity contribution >= 4 is 17.8 Å². The second-order valence-corrected chi connectivity index (χ2v) is 4.47. The van der Waals surface area contributed by atoms with Gasteiger partial charge in [-0.2, -0.15) is 0 Å². The van der Waals surface area contributed by atoms with E-state index in [0.29, 0.717) is 12.2 Å². The molecule has 2 rings (SSSR count). The minimum atomic E-state index is -0.0524. The number of pyridine rings is 1. The zero-order valence-electron chi connectivity index (χ0n) is 10.3. The molecule has 0 bridgehead atoms. The van der Waals surface area contributed by atoms with Crippen LogP contribution in [0.5, 0.6) is 0 Å². The monoisotopic (exact) mass is 234 g/mol. The predicted molar refractivity (Wildman–Crippen MR) is 68.1 cm³/mol. The van der Waals surface area contributed by atoms with Crippen LogP contribution in [0.4, 0.5) is 11.5 Å². The second-order valence-electron chi connectivity index (χ2n) is 4.47. The van der Waals surface area contributed by atoms with Gasteiger partial charge in [-0.1, -0.05) is 0 Å². The van der Waals surface area contributed by atoms with Crippen LogP contribution in [0, 0.1) is 6.92 Å². The van der Waals surface area contributed by atoms with Crippen molar-refractivity contribution in [1.82, 2.24) is 9.88 Å². The molecule has 1 aromatic rings. The first-order valence-electron chi connectivity index (χ1n) is 5.75. The summed E-state index contributed by atoms with van der Waals surface area (Å²) in [6.07, 6.45) is 0.996. The van der Waals surface area contributed by atoms with Gasteiger partial charge in [-0.05, 0) is 26.1 Å². The molecule has 1 unspecified atom stereocenters. The van der Waals surface area contributed by atoms with Crippen LogP contribution in [0.15, 0.2) is 12.1 Å². The van der Waals surface area contributed by atoms with Crippen LogP contribution in [0.1, 0.15) is 5.69 Å². The lowest BCUT2D eigenvalue weighted by molar-refractivity contribution is -0.112. The number of likely N-dealkylation sites (N-methyl/N-ethyl adjacent to an activating group) is 1. The van der Waals surface area contributed by atoms with E-state index in [1.807, 2.05) is 26.1 Å². The van der Waals surface area contributed by atoms with Crippen molar-refractivity contribution < 1.29 is 4.79 Å². The second kappa shape index (κ2) is 4.71. The average molecular weight is 234 g/mol. The van der Waals surface area contributed by atoms with Gasteiger partial charge in [0.15, 0.2) is 0 Å². The molecule has 1 aromatic heterocycles. The van der Waals surface area contributed by atoms with Gasteiger partial charge in [0.2, 0.25) is 0 Å². The molecule has 0 spiro atoms. The number of carbonyl (C=O) groups excluding carboxylic acids is 1. The molecule has 2 N–H and O–H groups in total. The van der Waals surface area contributed by atoms with Gasteiger partial charge in [-0.3, -0.25) is 4.90 Å². The summed E-state index contributed by atoms with van der Waals surface area (Å²) in [5.74, 6) is 0.900. The minimum absolute atomic E-state index is 0.0524. The third kappa shape index (κ3) is 2.39. The van der Waals surface area contributed by atoms with E-state index in [1.54, 1.807) is 0 Å². The van der Waals surface area contributed by atoms with Gasteiger partial charge >= 0.3 is 0 Å². The van der Waals surface area contributed by atoms with Gasteiger partial charge < -0.3 is 15.4 Å². The highest BCUT2D eigenvalue weighted by Gasteiger charge is 2.24. The summed E-state index contributed by atoms with van der Waals surface area (Å²) < 4.78 is 0.